The summed E-state index contributed by atoms with van der Waals surface area (Å²) >= 11 is 3.31. The second-order valence-corrected chi connectivity index (χ2v) is 4.82. The van der Waals surface area contributed by atoms with Gasteiger partial charge >= 0.3 is 0 Å². The van der Waals surface area contributed by atoms with E-state index in [0.29, 0.717) is 23.4 Å². The lowest BCUT2D eigenvalue weighted by Gasteiger charge is -2.09. The van der Waals surface area contributed by atoms with Crippen LogP contribution in [0.1, 0.15) is 11.1 Å². The average molecular weight is 323 g/mol. The fraction of sp³-hybridized carbons (Fsp3) is 0.0714. The molecular formula is C14H9BrF2N2. The Bertz CT molecular complexity index is 650. The number of nitrogens with zero attached hydrogens (tertiary/aromatic N) is 1. The van der Waals surface area contributed by atoms with Gasteiger partial charge in [-0.2, -0.15) is 5.26 Å². The van der Waals surface area contributed by atoms with Crippen LogP contribution in [0.2, 0.25) is 0 Å². The lowest BCUT2D eigenvalue weighted by Crippen LogP contribution is -2.02. The van der Waals surface area contributed by atoms with Crippen LogP contribution in [0.3, 0.4) is 0 Å². The van der Waals surface area contributed by atoms with Gasteiger partial charge in [0.1, 0.15) is 6.07 Å². The third kappa shape index (κ3) is 3.30. The minimum Gasteiger partial charge on any atom is -0.380 e. The summed E-state index contributed by atoms with van der Waals surface area (Å²) in [7, 11) is 0. The van der Waals surface area contributed by atoms with Crippen LogP contribution in [0.25, 0.3) is 0 Å². The topological polar surface area (TPSA) is 35.8 Å². The number of rotatable bonds is 3. The molecule has 0 amide bonds. The Balaban J connectivity index is 2.16. The molecule has 19 heavy (non-hydrogen) atoms. The quantitative estimate of drug-likeness (QED) is 0.918. The second-order valence-electron chi connectivity index (χ2n) is 3.90. The van der Waals surface area contributed by atoms with E-state index in [1.807, 2.05) is 0 Å². The summed E-state index contributed by atoms with van der Waals surface area (Å²) in [5.41, 5.74) is 1.73. The molecule has 2 rings (SSSR count). The first kappa shape index (κ1) is 13.5. The number of anilines is 1. The van der Waals surface area contributed by atoms with Crippen LogP contribution >= 0.6 is 15.9 Å². The van der Waals surface area contributed by atoms with Crippen LogP contribution in [0.15, 0.2) is 40.9 Å². The molecule has 0 atom stereocenters. The van der Waals surface area contributed by atoms with Crippen molar-refractivity contribution in [1.29, 1.82) is 5.26 Å². The van der Waals surface area contributed by atoms with Crippen LogP contribution in [-0.2, 0) is 6.54 Å². The lowest BCUT2D eigenvalue weighted by atomic mass is 10.1. The van der Waals surface area contributed by atoms with Gasteiger partial charge in [0, 0.05) is 11.0 Å². The number of hydrogen-bond acceptors (Lipinski definition) is 2. The van der Waals surface area contributed by atoms with Gasteiger partial charge in [0.2, 0.25) is 0 Å². The van der Waals surface area contributed by atoms with Crippen molar-refractivity contribution in [2.24, 2.45) is 0 Å². The molecular weight excluding hydrogens is 314 g/mol. The first-order valence-corrected chi connectivity index (χ1v) is 6.27. The van der Waals surface area contributed by atoms with E-state index in [-0.39, 0.29) is 0 Å². The van der Waals surface area contributed by atoms with Gasteiger partial charge in [0.25, 0.3) is 0 Å². The van der Waals surface area contributed by atoms with Crippen LogP contribution in [0.4, 0.5) is 14.5 Å². The van der Waals surface area contributed by atoms with Gasteiger partial charge in [0.15, 0.2) is 11.6 Å². The van der Waals surface area contributed by atoms with Crippen molar-refractivity contribution in [2.45, 2.75) is 6.54 Å². The van der Waals surface area contributed by atoms with Crippen LogP contribution in [0.5, 0.6) is 0 Å². The summed E-state index contributed by atoms with van der Waals surface area (Å²) in [5, 5.41) is 12.0. The molecule has 0 radical (unpaired) electrons. The Morgan fingerprint density at radius 2 is 1.89 bits per heavy atom. The molecule has 0 saturated heterocycles. The molecule has 0 aliphatic rings. The van der Waals surface area contributed by atoms with Gasteiger partial charge in [0.05, 0.1) is 11.3 Å². The highest BCUT2D eigenvalue weighted by Gasteiger charge is 2.05. The van der Waals surface area contributed by atoms with E-state index in [0.717, 1.165) is 16.6 Å². The number of benzene rings is 2. The highest BCUT2D eigenvalue weighted by molar-refractivity contribution is 9.10. The monoisotopic (exact) mass is 322 g/mol. The zero-order valence-electron chi connectivity index (χ0n) is 9.75. The molecule has 1 N–H and O–H groups in total. The van der Waals surface area contributed by atoms with E-state index in [4.69, 9.17) is 5.26 Å². The maximum atomic E-state index is 13.1. The third-order valence-corrected chi connectivity index (χ3v) is 3.06. The lowest BCUT2D eigenvalue weighted by molar-refractivity contribution is 0.507. The number of hydrogen-bond donors (Lipinski definition) is 1. The van der Waals surface area contributed by atoms with Gasteiger partial charge in [-0.05, 0) is 35.9 Å². The molecule has 0 bridgehead atoms. The minimum atomic E-state index is -0.881. The van der Waals surface area contributed by atoms with Crippen molar-refractivity contribution in [3.05, 3.63) is 63.6 Å². The Morgan fingerprint density at radius 3 is 2.58 bits per heavy atom. The van der Waals surface area contributed by atoms with E-state index in [1.54, 1.807) is 18.2 Å². The molecule has 0 saturated carbocycles. The van der Waals surface area contributed by atoms with E-state index in [2.05, 4.69) is 27.3 Å². The molecule has 0 spiro atoms. The van der Waals surface area contributed by atoms with E-state index in [1.165, 1.54) is 6.07 Å². The van der Waals surface area contributed by atoms with Crippen molar-refractivity contribution in [2.75, 3.05) is 5.32 Å². The maximum absolute atomic E-state index is 13.1. The molecule has 0 fully saturated rings. The van der Waals surface area contributed by atoms with Crippen LogP contribution in [-0.4, -0.2) is 0 Å². The smallest absolute Gasteiger partial charge is 0.159 e. The zero-order valence-corrected chi connectivity index (χ0v) is 11.3. The Hall–Kier alpha value is -1.93. The summed E-state index contributed by atoms with van der Waals surface area (Å²) < 4.78 is 26.7. The predicted molar refractivity (Wildman–Crippen MR) is 72.5 cm³/mol. The summed E-state index contributed by atoms with van der Waals surface area (Å²) in [6.45, 7) is 0.308. The SMILES string of the molecule is N#Cc1ccc(Br)cc1NCc1ccc(F)c(F)c1. The average Bonchev–Trinajstić information content (AvgIpc) is 2.40. The Kier molecular flexibility index (Phi) is 4.13. The van der Waals surface area contributed by atoms with Gasteiger partial charge in [-0.25, -0.2) is 8.78 Å². The van der Waals surface area contributed by atoms with Gasteiger partial charge in [-0.15, -0.1) is 0 Å². The summed E-state index contributed by atoms with van der Waals surface area (Å²) in [6, 6.07) is 11.0. The highest BCUT2D eigenvalue weighted by Crippen LogP contribution is 2.21. The van der Waals surface area contributed by atoms with E-state index < -0.39 is 11.6 Å². The van der Waals surface area contributed by atoms with Gasteiger partial charge < -0.3 is 5.32 Å². The molecule has 0 aromatic heterocycles. The number of halogens is 3. The van der Waals surface area contributed by atoms with Crippen molar-refractivity contribution >= 4 is 21.6 Å². The fourth-order valence-corrected chi connectivity index (χ4v) is 1.97. The first-order chi connectivity index (χ1) is 9.10. The molecule has 0 aliphatic carbocycles. The summed E-state index contributed by atoms with van der Waals surface area (Å²) in [6.07, 6.45) is 0. The van der Waals surface area contributed by atoms with Gasteiger partial charge in [-0.3, -0.25) is 0 Å². The number of nitrogens with one attached hydrogen (secondary N) is 1. The van der Waals surface area contributed by atoms with Crippen LogP contribution < -0.4 is 5.32 Å². The fourth-order valence-electron chi connectivity index (χ4n) is 1.61. The number of nitriles is 1. The van der Waals surface area contributed by atoms with Gasteiger partial charge in [-0.1, -0.05) is 22.0 Å². The second kappa shape index (κ2) is 5.81. The molecule has 0 heterocycles. The molecule has 2 nitrogen and oxygen atoms in total. The van der Waals surface area contributed by atoms with Crippen molar-refractivity contribution < 1.29 is 8.78 Å². The highest BCUT2D eigenvalue weighted by atomic mass is 79.9. The minimum absolute atomic E-state index is 0.308. The summed E-state index contributed by atoms with van der Waals surface area (Å²) in [4.78, 5) is 0. The largest absolute Gasteiger partial charge is 0.380 e. The zero-order chi connectivity index (χ0) is 13.8. The molecule has 2 aromatic rings. The molecule has 0 aliphatic heterocycles. The summed E-state index contributed by atoms with van der Waals surface area (Å²) in [5.74, 6) is -1.75. The van der Waals surface area contributed by atoms with E-state index in [9.17, 15) is 8.78 Å². The normalized spacial score (nSPS) is 10.0. The molecule has 2 aromatic carbocycles. The molecule has 0 unspecified atom stereocenters. The molecule has 5 heteroatoms. The van der Waals surface area contributed by atoms with Crippen LogP contribution in [0, 0.1) is 23.0 Å². The Morgan fingerprint density at radius 1 is 1.11 bits per heavy atom. The maximum Gasteiger partial charge on any atom is 0.159 e. The standard InChI is InChI=1S/C14H9BrF2N2/c15-11-3-2-10(7-18)14(6-11)19-8-9-1-4-12(16)13(17)5-9/h1-6,19H,8H2. The Labute approximate surface area is 117 Å². The van der Waals surface area contributed by atoms with Crippen molar-refractivity contribution in [3.63, 3.8) is 0 Å². The predicted octanol–water partition coefficient (Wildman–Crippen LogP) is 4.21. The van der Waals surface area contributed by atoms with E-state index >= 15 is 0 Å². The van der Waals surface area contributed by atoms with Crippen molar-refractivity contribution in [3.8, 4) is 6.07 Å². The first-order valence-electron chi connectivity index (χ1n) is 5.47. The molecule has 96 valence electrons. The third-order valence-electron chi connectivity index (χ3n) is 2.57. The van der Waals surface area contributed by atoms with Crippen molar-refractivity contribution in [1.82, 2.24) is 0 Å².